The Labute approximate surface area is 198 Å². The Kier molecular flexibility index (Phi) is 6.72. The Morgan fingerprint density at radius 1 is 1.03 bits per heavy atom. The Balaban J connectivity index is 1.34. The minimum absolute atomic E-state index is 0.171. The van der Waals surface area contributed by atoms with Gasteiger partial charge in [0.15, 0.2) is 0 Å². The summed E-state index contributed by atoms with van der Waals surface area (Å²) in [4.78, 5) is 26.0. The van der Waals surface area contributed by atoms with Crippen LogP contribution in [0.15, 0.2) is 48.5 Å². The molecular weight excluding hydrogens is 459 g/mol. The molecule has 0 unspecified atom stereocenters. The first-order valence-corrected chi connectivity index (χ1v) is 12.5. The van der Waals surface area contributed by atoms with Gasteiger partial charge >= 0.3 is 16.2 Å². The van der Waals surface area contributed by atoms with Crippen molar-refractivity contribution in [3.8, 4) is 0 Å². The highest BCUT2D eigenvalue weighted by Gasteiger charge is 2.27. The number of fused-ring (bicyclic) bond motifs is 1. The second-order valence-electron chi connectivity index (χ2n) is 8.74. The third-order valence-electron chi connectivity index (χ3n) is 5.95. The van der Waals surface area contributed by atoms with Crippen molar-refractivity contribution in [3.63, 3.8) is 0 Å². The van der Waals surface area contributed by atoms with Crippen molar-refractivity contribution in [1.29, 1.82) is 0 Å². The van der Waals surface area contributed by atoms with Gasteiger partial charge < -0.3 is 10.2 Å². The van der Waals surface area contributed by atoms with Gasteiger partial charge in [-0.3, -0.25) is 4.79 Å². The molecule has 2 aliphatic rings. The number of hydrogen-bond donors (Lipinski definition) is 2. The summed E-state index contributed by atoms with van der Waals surface area (Å²) in [5, 5.41) is 2.86. The molecule has 0 bridgehead atoms. The van der Waals surface area contributed by atoms with Gasteiger partial charge in [0.2, 0.25) is 5.91 Å². The zero-order valence-corrected chi connectivity index (χ0v) is 19.9. The average molecular weight is 487 g/mol. The summed E-state index contributed by atoms with van der Waals surface area (Å²) in [6, 6.07) is 11.6. The molecule has 4 rings (SSSR count). The fraction of sp³-hybridized carbons (Fsp3) is 0.333. The molecule has 0 aliphatic carbocycles. The smallest absolute Gasteiger partial charge is 0.316 e. The molecule has 2 aromatic carbocycles. The van der Waals surface area contributed by atoms with Crippen LogP contribution in [0.2, 0.25) is 0 Å². The molecule has 2 N–H and O–H groups in total. The van der Waals surface area contributed by atoms with Crippen LogP contribution in [0.1, 0.15) is 37.0 Å². The first kappa shape index (κ1) is 23.9. The van der Waals surface area contributed by atoms with Gasteiger partial charge in [0.05, 0.1) is 0 Å². The first-order chi connectivity index (χ1) is 16.1. The van der Waals surface area contributed by atoms with Crippen LogP contribution in [-0.2, 0) is 28.1 Å². The number of benzene rings is 2. The molecule has 0 saturated carbocycles. The van der Waals surface area contributed by atoms with E-state index in [0.29, 0.717) is 25.2 Å². The Bertz CT molecular complexity index is 1240. The molecule has 8 nitrogen and oxygen atoms in total. The SMILES string of the molecule is CC(C)C(=O)NS(=O)(=O)N1CC=C(c2ccc(NC(=O)N3Cc4ccc(F)cc4C3)cc2)CC1. The van der Waals surface area contributed by atoms with Gasteiger partial charge in [-0.05, 0) is 52.9 Å². The van der Waals surface area contributed by atoms with Crippen molar-refractivity contribution >= 4 is 33.4 Å². The maximum atomic E-state index is 13.4. The summed E-state index contributed by atoms with van der Waals surface area (Å²) < 4.78 is 41.5. The molecular formula is C24H27FN4O4S. The zero-order valence-electron chi connectivity index (χ0n) is 19.0. The number of carbonyl (C=O) groups is 2. The molecule has 0 aromatic heterocycles. The maximum Gasteiger partial charge on any atom is 0.322 e. The molecule has 0 atom stereocenters. The molecule has 10 heteroatoms. The van der Waals surface area contributed by atoms with Gasteiger partial charge in [-0.2, -0.15) is 12.7 Å². The van der Waals surface area contributed by atoms with Crippen LogP contribution in [0.25, 0.3) is 5.57 Å². The lowest BCUT2D eigenvalue weighted by Crippen LogP contribution is -2.46. The Morgan fingerprint density at radius 3 is 2.38 bits per heavy atom. The van der Waals surface area contributed by atoms with Gasteiger partial charge in [-0.25, -0.2) is 13.9 Å². The summed E-state index contributed by atoms with van der Waals surface area (Å²) in [7, 11) is -3.87. The Hall–Kier alpha value is -3.24. The van der Waals surface area contributed by atoms with Crippen LogP contribution < -0.4 is 10.0 Å². The van der Waals surface area contributed by atoms with Crippen LogP contribution >= 0.6 is 0 Å². The van der Waals surface area contributed by atoms with E-state index in [2.05, 4.69) is 10.0 Å². The fourth-order valence-electron chi connectivity index (χ4n) is 3.92. The lowest BCUT2D eigenvalue weighted by molar-refractivity contribution is -0.122. The van der Waals surface area contributed by atoms with E-state index < -0.39 is 22.0 Å². The molecule has 3 amide bonds. The molecule has 0 saturated heterocycles. The summed E-state index contributed by atoms with van der Waals surface area (Å²) >= 11 is 0. The summed E-state index contributed by atoms with van der Waals surface area (Å²) in [6.07, 6.45) is 2.34. The van der Waals surface area contributed by atoms with Crippen molar-refractivity contribution in [2.75, 3.05) is 18.4 Å². The second-order valence-corrected chi connectivity index (χ2v) is 10.4. The summed E-state index contributed by atoms with van der Waals surface area (Å²) in [6.45, 7) is 4.50. The third kappa shape index (κ3) is 5.28. The number of anilines is 1. The Morgan fingerprint density at radius 2 is 1.74 bits per heavy atom. The quantitative estimate of drug-likeness (QED) is 0.676. The van der Waals surface area contributed by atoms with E-state index in [9.17, 15) is 22.4 Å². The van der Waals surface area contributed by atoms with Gasteiger partial charge in [0.25, 0.3) is 0 Å². The van der Waals surface area contributed by atoms with E-state index in [0.717, 1.165) is 22.3 Å². The molecule has 2 heterocycles. The summed E-state index contributed by atoms with van der Waals surface area (Å²) in [5.41, 5.74) is 4.32. The van der Waals surface area contributed by atoms with Gasteiger partial charge in [-0.15, -0.1) is 0 Å². The standard InChI is InChI=1S/C24H27FN4O4S/c1-16(2)23(30)27-34(32,33)29-11-9-18(10-12-29)17-4-7-22(8-5-17)26-24(31)28-14-19-3-6-21(25)13-20(19)15-28/h3-9,13,16H,10-12,14-15H2,1-2H3,(H,26,31)(H,27,30). The van der Waals surface area contributed by atoms with Gasteiger partial charge in [-0.1, -0.05) is 38.1 Å². The van der Waals surface area contributed by atoms with E-state index in [1.165, 1.54) is 16.4 Å². The third-order valence-corrected chi connectivity index (χ3v) is 7.42. The largest absolute Gasteiger partial charge is 0.322 e. The van der Waals surface area contributed by atoms with Gasteiger partial charge in [0.1, 0.15) is 5.82 Å². The molecule has 2 aromatic rings. The minimum Gasteiger partial charge on any atom is -0.316 e. The second kappa shape index (κ2) is 9.55. The molecule has 0 spiro atoms. The number of amides is 3. The van der Waals surface area contributed by atoms with Crippen molar-refractivity contribution in [2.45, 2.75) is 33.4 Å². The van der Waals surface area contributed by atoms with E-state index in [1.54, 1.807) is 36.9 Å². The first-order valence-electron chi connectivity index (χ1n) is 11.1. The molecule has 2 aliphatic heterocycles. The number of nitrogens with zero attached hydrogens (tertiary/aromatic N) is 2. The lowest BCUT2D eigenvalue weighted by atomic mass is 10.0. The van der Waals surface area contributed by atoms with E-state index in [1.807, 2.05) is 18.2 Å². The van der Waals surface area contributed by atoms with Crippen molar-refractivity contribution in [3.05, 3.63) is 71.0 Å². The highest BCUT2D eigenvalue weighted by Crippen LogP contribution is 2.26. The van der Waals surface area contributed by atoms with Crippen LogP contribution in [-0.4, -0.2) is 42.7 Å². The van der Waals surface area contributed by atoms with Crippen LogP contribution in [0, 0.1) is 11.7 Å². The minimum atomic E-state index is -3.87. The highest BCUT2D eigenvalue weighted by molar-refractivity contribution is 7.87. The van der Waals surface area contributed by atoms with Crippen LogP contribution in [0.3, 0.4) is 0 Å². The molecule has 0 fully saturated rings. The van der Waals surface area contributed by atoms with Crippen LogP contribution in [0.4, 0.5) is 14.9 Å². The van der Waals surface area contributed by atoms with E-state index >= 15 is 0 Å². The number of urea groups is 1. The number of rotatable bonds is 5. The van der Waals surface area contributed by atoms with Crippen LogP contribution in [0.5, 0.6) is 0 Å². The molecule has 34 heavy (non-hydrogen) atoms. The number of hydrogen-bond acceptors (Lipinski definition) is 4. The number of carbonyl (C=O) groups excluding carboxylic acids is 2. The molecule has 0 radical (unpaired) electrons. The maximum absolute atomic E-state index is 13.4. The average Bonchev–Trinajstić information content (AvgIpc) is 3.23. The zero-order chi connectivity index (χ0) is 24.5. The normalized spacial score (nSPS) is 16.2. The van der Waals surface area contributed by atoms with E-state index in [-0.39, 0.29) is 24.9 Å². The lowest BCUT2D eigenvalue weighted by Gasteiger charge is -2.26. The predicted octanol–water partition coefficient (Wildman–Crippen LogP) is 3.48. The molecule has 180 valence electrons. The highest BCUT2D eigenvalue weighted by atomic mass is 32.2. The van der Waals surface area contributed by atoms with E-state index in [4.69, 9.17) is 0 Å². The predicted molar refractivity (Wildman–Crippen MR) is 127 cm³/mol. The summed E-state index contributed by atoms with van der Waals surface area (Å²) in [5.74, 6) is -1.26. The van der Waals surface area contributed by atoms with Crippen molar-refractivity contribution in [2.24, 2.45) is 5.92 Å². The van der Waals surface area contributed by atoms with Crippen molar-refractivity contribution in [1.82, 2.24) is 13.9 Å². The topological polar surface area (TPSA) is 98.8 Å². The fourth-order valence-corrected chi connectivity index (χ4v) is 5.14. The van der Waals surface area contributed by atoms with Gasteiger partial charge in [0, 0.05) is 37.8 Å². The number of halogens is 1. The monoisotopic (exact) mass is 486 g/mol. The van der Waals surface area contributed by atoms with Crippen molar-refractivity contribution < 1.29 is 22.4 Å². The number of nitrogens with one attached hydrogen (secondary N) is 2.